The van der Waals surface area contributed by atoms with E-state index in [-0.39, 0.29) is 24.1 Å². The summed E-state index contributed by atoms with van der Waals surface area (Å²) in [5.41, 5.74) is 3.01. The number of carbonyl (C=O) groups is 2. The standard InChI is InChI=1S/C21H23N5O2S/c1-3-22-18(27)13-23-19(28)14-29-21-25-24-20(16-7-5-4-6-8-16)26(21)17-11-9-15(2)10-12-17/h4-12H,3,13-14H2,1-2H3,(H,22,27)(H,23,28). The van der Waals surface area contributed by atoms with Gasteiger partial charge in [-0.1, -0.05) is 59.8 Å². The number of aromatic nitrogens is 3. The highest BCUT2D eigenvalue weighted by Crippen LogP contribution is 2.27. The van der Waals surface area contributed by atoms with Crippen molar-refractivity contribution in [3.05, 3.63) is 60.2 Å². The largest absolute Gasteiger partial charge is 0.355 e. The summed E-state index contributed by atoms with van der Waals surface area (Å²) in [6.45, 7) is 4.36. The van der Waals surface area contributed by atoms with Crippen molar-refractivity contribution >= 4 is 23.6 Å². The fraction of sp³-hybridized carbons (Fsp3) is 0.238. The van der Waals surface area contributed by atoms with Gasteiger partial charge in [0.15, 0.2) is 11.0 Å². The second kappa shape index (κ2) is 9.88. The Morgan fingerprint density at radius 1 is 0.966 bits per heavy atom. The second-order valence-electron chi connectivity index (χ2n) is 6.36. The second-order valence-corrected chi connectivity index (χ2v) is 7.30. The molecule has 3 aromatic rings. The first kappa shape index (κ1) is 20.6. The van der Waals surface area contributed by atoms with E-state index in [1.54, 1.807) is 0 Å². The molecule has 8 heteroatoms. The van der Waals surface area contributed by atoms with Crippen LogP contribution in [-0.4, -0.2) is 45.4 Å². The van der Waals surface area contributed by atoms with Gasteiger partial charge in [0.1, 0.15) is 0 Å². The van der Waals surface area contributed by atoms with E-state index >= 15 is 0 Å². The zero-order valence-corrected chi connectivity index (χ0v) is 17.2. The molecule has 29 heavy (non-hydrogen) atoms. The number of amides is 2. The van der Waals surface area contributed by atoms with Gasteiger partial charge in [0.25, 0.3) is 0 Å². The number of hydrogen-bond donors (Lipinski definition) is 2. The molecule has 1 aromatic heterocycles. The summed E-state index contributed by atoms with van der Waals surface area (Å²) in [5, 5.41) is 14.5. The Kier molecular flexibility index (Phi) is 7.02. The van der Waals surface area contributed by atoms with Crippen molar-refractivity contribution in [2.75, 3.05) is 18.8 Å². The summed E-state index contributed by atoms with van der Waals surface area (Å²) in [7, 11) is 0. The molecule has 0 fully saturated rings. The first-order chi connectivity index (χ1) is 14.1. The van der Waals surface area contributed by atoms with E-state index in [0.29, 0.717) is 17.5 Å². The number of nitrogens with zero attached hydrogens (tertiary/aromatic N) is 3. The van der Waals surface area contributed by atoms with Crippen molar-refractivity contribution in [2.24, 2.45) is 0 Å². The quantitative estimate of drug-likeness (QED) is 0.558. The van der Waals surface area contributed by atoms with E-state index in [4.69, 9.17) is 0 Å². The smallest absolute Gasteiger partial charge is 0.239 e. The Bertz CT molecular complexity index is 970. The van der Waals surface area contributed by atoms with Gasteiger partial charge >= 0.3 is 0 Å². The molecule has 2 N–H and O–H groups in total. The van der Waals surface area contributed by atoms with Crippen molar-refractivity contribution < 1.29 is 9.59 Å². The molecule has 2 amide bonds. The third kappa shape index (κ3) is 5.45. The molecule has 0 bridgehead atoms. The highest BCUT2D eigenvalue weighted by molar-refractivity contribution is 7.99. The molecule has 0 saturated carbocycles. The third-order valence-electron chi connectivity index (χ3n) is 4.11. The Labute approximate surface area is 173 Å². The lowest BCUT2D eigenvalue weighted by Gasteiger charge is -2.11. The van der Waals surface area contributed by atoms with Crippen LogP contribution in [-0.2, 0) is 9.59 Å². The van der Waals surface area contributed by atoms with E-state index < -0.39 is 0 Å². The van der Waals surface area contributed by atoms with E-state index in [9.17, 15) is 9.59 Å². The first-order valence-electron chi connectivity index (χ1n) is 9.32. The van der Waals surface area contributed by atoms with Gasteiger partial charge in [-0.15, -0.1) is 10.2 Å². The molecule has 3 rings (SSSR count). The van der Waals surface area contributed by atoms with Gasteiger partial charge in [0.05, 0.1) is 12.3 Å². The minimum absolute atomic E-state index is 0.0346. The molecular formula is C21H23N5O2S. The zero-order valence-electron chi connectivity index (χ0n) is 16.4. The number of likely N-dealkylation sites (N-methyl/N-ethyl adjacent to an activating group) is 1. The molecule has 150 valence electrons. The molecule has 0 aliphatic carbocycles. The average molecular weight is 410 g/mol. The first-order valence-corrected chi connectivity index (χ1v) is 10.3. The van der Waals surface area contributed by atoms with Crippen molar-refractivity contribution in [3.8, 4) is 17.1 Å². The molecule has 0 saturated heterocycles. The maximum absolute atomic E-state index is 12.1. The van der Waals surface area contributed by atoms with Gasteiger partial charge in [-0.05, 0) is 26.0 Å². The normalized spacial score (nSPS) is 10.6. The Balaban J connectivity index is 1.80. The minimum Gasteiger partial charge on any atom is -0.355 e. The summed E-state index contributed by atoms with van der Waals surface area (Å²) < 4.78 is 1.94. The number of hydrogen-bond acceptors (Lipinski definition) is 5. The van der Waals surface area contributed by atoms with E-state index in [1.807, 2.05) is 73.0 Å². The van der Waals surface area contributed by atoms with Crippen LogP contribution in [0.2, 0.25) is 0 Å². The van der Waals surface area contributed by atoms with Crippen LogP contribution in [0.1, 0.15) is 12.5 Å². The zero-order chi connectivity index (χ0) is 20.6. The lowest BCUT2D eigenvalue weighted by molar-refractivity contribution is -0.124. The maximum atomic E-state index is 12.1. The summed E-state index contributed by atoms with van der Waals surface area (Å²) in [6.07, 6.45) is 0. The van der Waals surface area contributed by atoms with E-state index in [2.05, 4.69) is 20.8 Å². The molecular weight excluding hydrogens is 386 g/mol. The van der Waals surface area contributed by atoms with Crippen molar-refractivity contribution in [1.82, 2.24) is 25.4 Å². The monoisotopic (exact) mass is 409 g/mol. The summed E-state index contributed by atoms with van der Waals surface area (Å²) in [4.78, 5) is 23.6. The topological polar surface area (TPSA) is 88.9 Å². The maximum Gasteiger partial charge on any atom is 0.239 e. The molecule has 2 aromatic carbocycles. The number of thioether (sulfide) groups is 1. The van der Waals surface area contributed by atoms with Crippen LogP contribution >= 0.6 is 11.8 Å². The highest BCUT2D eigenvalue weighted by Gasteiger charge is 2.17. The number of aryl methyl sites for hydroxylation is 1. The summed E-state index contributed by atoms with van der Waals surface area (Å²) >= 11 is 1.28. The predicted molar refractivity (Wildman–Crippen MR) is 114 cm³/mol. The molecule has 1 heterocycles. The fourth-order valence-electron chi connectivity index (χ4n) is 2.68. The van der Waals surface area contributed by atoms with Crippen LogP contribution in [0.25, 0.3) is 17.1 Å². The van der Waals surface area contributed by atoms with Crippen molar-refractivity contribution in [3.63, 3.8) is 0 Å². The highest BCUT2D eigenvalue weighted by atomic mass is 32.2. The van der Waals surface area contributed by atoms with E-state index in [1.165, 1.54) is 11.8 Å². The van der Waals surface area contributed by atoms with Crippen LogP contribution < -0.4 is 10.6 Å². The van der Waals surface area contributed by atoms with Gasteiger partial charge in [0.2, 0.25) is 11.8 Å². The molecule has 0 radical (unpaired) electrons. The Morgan fingerprint density at radius 3 is 2.38 bits per heavy atom. The van der Waals surface area contributed by atoms with Crippen molar-refractivity contribution in [1.29, 1.82) is 0 Å². The average Bonchev–Trinajstić information content (AvgIpc) is 3.16. The van der Waals surface area contributed by atoms with Crippen LogP contribution in [0.15, 0.2) is 59.8 Å². The fourth-order valence-corrected chi connectivity index (χ4v) is 3.47. The lowest BCUT2D eigenvalue weighted by Crippen LogP contribution is -2.37. The number of benzene rings is 2. The predicted octanol–water partition coefficient (Wildman–Crippen LogP) is 2.59. The minimum atomic E-state index is -0.235. The molecule has 0 atom stereocenters. The molecule has 0 unspecified atom stereocenters. The van der Waals surface area contributed by atoms with Gasteiger partial charge in [0, 0.05) is 17.8 Å². The SMILES string of the molecule is CCNC(=O)CNC(=O)CSc1nnc(-c2ccccc2)n1-c1ccc(C)cc1. The van der Waals surface area contributed by atoms with Crippen LogP contribution in [0, 0.1) is 6.92 Å². The summed E-state index contributed by atoms with van der Waals surface area (Å²) in [6, 6.07) is 17.9. The van der Waals surface area contributed by atoms with Crippen LogP contribution in [0.3, 0.4) is 0 Å². The molecule has 0 aliphatic heterocycles. The van der Waals surface area contributed by atoms with Crippen LogP contribution in [0.5, 0.6) is 0 Å². The Hall–Kier alpha value is -3.13. The third-order valence-corrected chi connectivity index (χ3v) is 5.04. The van der Waals surface area contributed by atoms with Crippen molar-refractivity contribution in [2.45, 2.75) is 19.0 Å². The van der Waals surface area contributed by atoms with Gasteiger partial charge in [-0.2, -0.15) is 0 Å². The van der Waals surface area contributed by atoms with Gasteiger partial charge in [-0.3, -0.25) is 14.2 Å². The number of rotatable bonds is 8. The molecule has 0 spiro atoms. The number of carbonyl (C=O) groups excluding carboxylic acids is 2. The van der Waals surface area contributed by atoms with Gasteiger partial charge < -0.3 is 10.6 Å². The van der Waals surface area contributed by atoms with Gasteiger partial charge in [-0.25, -0.2) is 0 Å². The summed E-state index contributed by atoms with van der Waals surface area (Å²) in [5.74, 6) is 0.402. The Morgan fingerprint density at radius 2 is 1.69 bits per heavy atom. The van der Waals surface area contributed by atoms with E-state index in [0.717, 1.165) is 16.8 Å². The molecule has 7 nitrogen and oxygen atoms in total. The molecule has 0 aliphatic rings. The number of nitrogens with one attached hydrogen (secondary N) is 2. The van der Waals surface area contributed by atoms with Crippen LogP contribution in [0.4, 0.5) is 0 Å². The lowest BCUT2D eigenvalue weighted by atomic mass is 10.2.